The van der Waals surface area contributed by atoms with Gasteiger partial charge in [-0.2, -0.15) is 5.19 Å². The number of hydrogen-bond acceptors (Lipinski definition) is 4. The van der Waals surface area contributed by atoms with Gasteiger partial charge in [0.1, 0.15) is 16.8 Å². The van der Waals surface area contributed by atoms with Gasteiger partial charge < -0.3 is 30.3 Å². The van der Waals surface area contributed by atoms with Gasteiger partial charge in [0.05, 0.1) is 8.07 Å². The maximum Gasteiger partial charge on any atom is 0.147 e. The molecule has 0 radical (unpaired) electrons. The van der Waals surface area contributed by atoms with Gasteiger partial charge in [0.25, 0.3) is 0 Å². The van der Waals surface area contributed by atoms with Gasteiger partial charge in [0.15, 0.2) is 0 Å². The molecule has 9 heteroatoms. The van der Waals surface area contributed by atoms with Crippen LogP contribution < -0.4 is 10.4 Å². The van der Waals surface area contributed by atoms with Crippen LogP contribution in [0, 0.1) is 0 Å². The molecule has 2 heterocycles. The Morgan fingerprint density at radius 1 is 0.698 bits per heavy atom. The first-order valence-electron chi connectivity index (χ1n) is 14.9. The molecule has 0 bridgehead atoms. The number of rotatable bonds is 7. The average molecular weight is 691 g/mol. The molecule has 0 aliphatic heterocycles. The Bertz CT molecular complexity index is 1330. The standard InChI is InChI=1S/C29H47N4P2Si2.C5H5.Fe/c1-27(2,3)35(28(4,5)6)20-21-22(19-23(36(7,8)9)24(21)37(10,11)12)29(34,25-30-15-13-16-31-25)26-32-17-14-18-33-26;1-2-4-5-3-1;/h13-19H,20,34H2,1-12H3;1-5H;/q-1;-5;. The molecule has 0 N–H and O–H groups in total. The Labute approximate surface area is 277 Å². The van der Waals surface area contributed by atoms with Crippen LogP contribution in [0.25, 0.3) is 0 Å². The van der Waals surface area contributed by atoms with Crippen molar-refractivity contribution in [3.05, 3.63) is 96.1 Å². The van der Waals surface area contributed by atoms with Crippen LogP contribution in [0.4, 0.5) is 0 Å². The molecule has 0 aliphatic rings. The second kappa shape index (κ2) is 14.4. The molecule has 1 atom stereocenters. The SMILES string of the molecule is CC(C)(C)P(C[c-]1c(C(P)(c2ncccn2)c2ncccn2)cc([Si](C)(C)C)c1[Si](C)(C)C)C(C)(C)C.[Fe].[cH-]1[cH-][cH-][cH-][cH-]1. The zero-order valence-corrected chi connectivity index (χ0v) is 33.5. The van der Waals surface area contributed by atoms with E-state index >= 15 is 0 Å². The van der Waals surface area contributed by atoms with Crippen molar-refractivity contribution in [2.45, 2.75) is 102 Å². The fourth-order valence-electron chi connectivity index (χ4n) is 5.87. The molecule has 0 aliphatic carbocycles. The van der Waals surface area contributed by atoms with Crippen LogP contribution in [0.15, 0.2) is 73.3 Å². The molecule has 0 saturated carbocycles. The van der Waals surface area contributed by atoms with Crippen molar-refractivity contribution < 1.29 is 17.1 Å². The topological polar surface area (TPSA) is 51.6 Å². The van der Waals surface area contributed by atoms with E-state index < -0.39 is 21.3 Å². The first-order chi connectivity index (χ1) is 19.3. The third kappa shape index (κ3) is 9.12. The minimum absolute atomic E-state index is 0. The van der Waals surface area contributed by atoms with Crippen LogP contribution in [0.3, 0.4) is 0 Å². The molecule has 2 aromatic heterocycles. The van der Waals surface area contributed by atoms with Crippen LogP contribution in [0.1, 0.15) is 64.3 Å². The predicted molar refractivity (Wildman–Crippen MR) is 194 cm³/mol. The molecule has 43 heavy (non-hydrogen) atoms. The van der Waals surface area contributed by atoms with Crippen LogP contribution in [0.2, 0.25) is 39.3 Å². The van der Waals surface area contributed by atoms with E-state index in [1.165, 1.54) is 11.1 Å². The minimum Gasteiger partial charge on any atom is -0.748 e. The largest absolute Gasteiger partial charge is 0.748 e. The molecule has 1 unspecified atom stereocenters. The van der Waals surface area contributed by atoms with Gasteiger partial charge in [-0.15, -0.1) is 28.3 Å². The molecular weight excluding hydrogens is 638 g/mol. The summed E-state index contributed by atoms with van der Waals surface area (Å²) in [7, 11) is -0.630. The van der Waals surface area contributed by atoms with E-state index in [1.54, 1.807) is 10.4 Å². The zero-order chi connectivity index (χ0) is 31.6. The van der Waals surface area contributed by atoms with Crippen LogP contribution >= 0.6 is 17.2 Å². The van der Waals surface area contributed by atoms with E-state index in [1.807, 2.05) is 67.3 Å². The summed E-state index contributed by atoms with van der Waals surface area (Å²) >= 11 is 0. The molecule has 0 amide bonds. The summed E-state index contributed by atoms with van der Waals surface area (Å²) in [4.78, 5) is 19.2. The Morgan fingerprint density at radius 3 is 1.37 bits per heavy atom. The first kappa shape index (κ1) is 37.9. The summed E-state index contributed by atoms with van der Waals surface area (Å²) in [5, 5.41) is 2.96. The molecule has 4 rings (SSSR count). The van der Waals surface area contributed by atoms with Crippen molar-refractivity contribution in [2.24, 2.45) is 0 Å². The average Bonchev–Trinajstić information content (AvgIpc) is 3.58. The Kier molecular flexibility index (Phi) is 12.7. The summed E-state index contributed by atoms with van der Waals surface area (Å²) in [6.45, 7) is 29.5. The summed E-state index contributed by atoms with van der Waals surface area (Å²) < 4.78 is 0. The molecule has 0 saturated heterocycles. The molecule has 0 fully saturated rings. The van der Waals surface area contributed by atoms with Gasteiger partial charge >= 0.3 is 0 Å². The van der Waals surface area contributed by atoms with Crippen LogP contribution in [-0.2, 0) is 28.4 Å². The summed E-state index contributed by atoms with van der Waals surface area (Å²) in [5.74, 6) is 1.47. The fraction of sp³-hybridized carbons (Fsp3) is 0.471. The fourth-order valence-corrected chi connectivity index (χ4v) is 15.9. The second-order valence-corrected chi connectivity index (χ2v) is 29.9. The first-order valence-corrected chi connectivity index (χ1v) is 24.0. The monoisotopic (exact) mass is 690 g/mol. The summed E-state index contributed by atoms with van der Waals surface area (Å²) in [6.07, 6.45) is 8.43. The Hall–Kier alpha value is -1.33. The van der Waals surface area contributed by atoms with Gasteiger partial charge in [0.2, 0.25) is 0 Å². The van der Waals surface area contributed by atoms with Crippen molar-refractivity contribution in [1.82, 2.24) is 19.9 Å². The second-order valence-electron chi connectivity index (χ2n) is 15.2. The molecule has 2 aromatic carbocycles. The maximum atomic E-state index is 4.80. The summed E-state index contributed by atoms with van der Waals surface area (Å²) in [5.41, 5.74) is 2.80. The van der Waals surface area contributed by atoms with Gasteiger partial charge in [-0.05, 0) is 22.4 Å². The summed E-state index contributed by atoms with van der Waals surface area (Å²) in [6, 6.07) is 16.3. The van der Waals surface area contributed by atoms with E-state index in [-0.39, 0.29) is 35.3 Å². The van der Waals surface area contributed by atoms with Gasteiger partial charge in [-0.1, -0.05) is 87.0 Å². The zero-order valence-electron chi connectivity index (χ0n) is 28.3. The smallest absolute Gasteiger partial charge is 0.147 e. The number of aromatic nitrogens is 4. The van der Waals surface area contributed by atoms with Gasteiger partial charge in [-0.25, -0.2) is 31.2 Å². The van der Waals surface area contributed by atoms with E-state index in [0.29, 0.717) is 0 Å². The number of nitrogens with zero attached hydrogens (tertiary/aromatic N) is 4. The van der Waals surface area contributed by atoms with Crippen molar-refractivity contribution in [3.8, 4) is 0 Å². The predicted octanol–water partition coefficient (Wildman–Crippen LogP) is 8.22. The van der Waals surface area contributed by atoms with Gasteiger partial charge in [-0.3, -0.25) is 0 Å². The van der Waals surface area contributed by atoms with E-state index in [4.69, 9.17) is 19.9 Å². The van der Waals surface area contributed by atoms with Crippen molar-refractivity contribution >= 4 is 43.7 Å². The van der Waals surface area contributed by atoms with E-state index in [0.717, 1.165) is 17.8 Å². The van der Waals surface area contributed by atoms with Crippen LogP contribution in [-0.4, -0.2) is 46.4 Å². The molecule has 4 nitrogen and oxygen atoms in total. The van der Waals surface area contributed by atoms with Crippen molar-refractivity contribution in [1.29, 1.82) is 0 Å². The van der Waals surface area contributed by atoms with Gasteiger partial charge in [0, 0.05) is 49.9 Å². The van der Waals surface area contributed by atoms with Crippen molar-refractivity contribution in [3.63, 3.8) is 0 Å². The molecular formula is C34H52FeN4P2Si2-6. The normalized spacial score (nSPS) is 12.9. The maximum absolute atomic E-state index is 4.80. The Morgan fingerprint density at radius 2 is 1.07 bits per heavy atom. The third-order valence-electron chi connectivity index (χ3n) is 7.50. The molecule has 240 valence electrons. The van der Waals surface area contributed by atoms with Crippen LogP contribution in [0.5, 0.6) is 0 Å². The van der Waals surface area contributed by atoms with E-state index in [9.17, 15) is 0 Å². The van der Waals surface area contributed by atoms with E-state index in [2.05, 4.69) is 96.1 Å². The number of hydrogen-bond donors (Lipinski definition) is 0. The Balaban J connectivity index is 0.000000973. The third-order valence-corrected chi connectivity index (χ3v) is 16.5. The molecule has 0 spiro atoms. The minimum atomic E-state index is -1.72. The molecule has 4 aromatic rings. The van der Waals surface area contributed by atoms with Crippen molar-refractivity contribution in [2.75, 3.05) is 0 Å². The quantitative estimate of drug-likeness (QED) is 0.111.